The van der Waals surface area contributed by atoms with Crippen LogP contribution in [0.2, 0.25) is 5.02 Å². The van der Waals surface area contributed by atoms with E-state index < -0.39 is 27.8 Å². The summed E-state index contributed by atoms with van der Waals surface area (Å²) in [5.74, 6) is -0.409. The summed E-state index contributed by atoms with van der Waals surface area (Å²) in [4.78, 5) is 24.7. The van der Waals surface area contributed by atoms with Crippen molar-refractivity contribution < 1.29 is 32.2 Å². The summed E-state index contributed by atoms with van der Waals surface area (Å²) in [5, 5.41) is 2.63. The zero-order chi connectivity index (χ0) is 21.2. The van der Waals surface area contributed by atoms with E-state index in [-0.39, 0.29) is 15.5 Å². The molecule has 1 aliphatic rings. The van der Waals surface area contributed by atoms with Crippen LogP contribution in [0.5, 0.6) is 11.5 Å². The number of fused-ring (bicyclic) bond motifs is 1. The topological polar surface area (TPSA) is 108 Å². The van der Waals surface area contributed by atoms with Crippen LogP contribution in [0, 0.1) is 0 Å². The van der Waals surface area contributed by atoms with Crippen LogP contribution in [0.4, 0.5) is 5.69 Å². The van der Waals surface area contributed by atoms with Crippen LogP contribution in [0.3, 0.4) is 0 Å². The molecule has 1 atom stereocenters. The molecule has 0 spiro atoms. The molecule has 0 bridgehead atoms. The Morgan fingerprint density at radius 1 is 1.10 bits per heavy atom. The lowest BCUT2D eigenvalue weighted by Gasteiger charge is -2.19. The molecule has 2 aromatic rings. The van der Waals surface area contributed by atoms with E-state index in [4.69, 9.17) is 25.8 Å². The van der Waals surface area contributed by atoms with Crippen LogP contribution in [-0.4, -0.2) is 45.9 Å². The minimum absolute atomic E-state index is 0.0156. The number of hydrogen-bond acceptors (Lipinski definition) is 7. The van der Waals surface area contributed by atoms with Crippen molar-refractivity contribution in [2.45, 2.75) is 17.9 Å². The molecule has 0 saturated heterocycles. The fourth-order valence-corrected chi connectivity index (χ4v) is 3.38. The molecule has 10 heteroatoms. The van der Waals surface area contributed by atoms with Crippen molar-refractivity contribution >= 4 is 39.0 Å². The Morgan fingerprint density at radius 2 is 1.79 bits per heavy atom. The lowest BCUT2D eigenvalue weighted by Crippen LogP contribution is -2.30. The monoisotopic (exact) mass is 439 g/mol. The van der Waals surface area contributed by atoms with Crippen LogP contribution >= 0.6 is 11.6 Å². The second-order valence-corrected chi connectivity index (χ2v) is 8.73. The summed E-state index contributed by atoms with van der Waals surface area (Å²) >= 11 is 5.98. The van der Waals surface area contributed by atoms with E-state index in [1.807, 2.05) is 0 Å². The van der Waals surface area contributed by atoms with Crippen LogP contribution in [0.15, 0.2) is 41.3 Å². The molecule has 1 aliphatic heterocycles. The lowest BCUT2D eigenvalue weighted by molar-refractivity contribution is -0.123. The summed E-state index contributed by atoms with van der Waals surface area (Å²) in [7, 11) is -3.54. The zero-order valence-electron chi connectivity index (χ0n) is 15.6. The fourth-order valence-electron chi connectivity index (χ4n) is 2.53. The van der Waals surface area contributed by atoms with Gasteiger partial charge in [-0.05, 0) is 37.3 Å². The van der Waals surface area contributed by atoms with Crippen molar-refractivity contribution in [1.29, 1.82) is 0 Å². The first-order valence-electron chi connectivity index (χ1n) is 8.56. The number of esters is 1. The molecule has 3 rings (SSSR count). The molecule has 1 heterocycles. The minimum Gasteiger partial charge on any atom is -0.486 e. The Labute approximate surface area is 172 Å². The molecule has 0 saturated carbocycles. The molecule has 0 unspecified atom stereocenters. The molecule has 2 aromatic carbocycles. The van der Waals surface area contributed by atoms with Gasteiger partial charge in [-0.25, -0.2) is 13.2 Å². The summed E-state index contributed by atoms with van der Waals surface area (Å²) in [5.41, 5.74) is 0.299. The smallest absolute Gasteiger partial charge is 0.340 e. The van der Waals surface area contributed by atoms with E-state index in [1.54, 1.807) is 18.2 Å². The number of amides is 1. The third kappa shape index (κ3) is 4.99. The second-order valence-electron chi connectivity index (χ2n) is 6.31. The molecule has 0 aliphatic carbocycles. The average molecular weight is 440 g/mol. The van der Waals surface area contributed by atoms with Gasteiger partial charge in [0.25, 0.3) is 5.91 Å². The Morgan fingerprint density at radius 3 is 2.48 bits per heavy atom. The number of carbonyl (C=O) groups is 2. The van der Waals surface area contributed by atoms with Crippen molar-refractivity contribution in [3.05, 3.63) is 47.0 Å². The van der Waals surface area contributed by atoms with Crippen LogP contribution in [-0.2, 0) is 19.4 Å². The van der Waals surface area contributed by atoms with Gasteiger partial charge in [0, 0.05) is 18.0 Å². The number of nitrogens with one attached hydrogen (secondary N) is 1. The van der Waals surface area contributed by atoms with E-state index in [0.29, 0.717) is 30.4 Å². The van der Waals surface area contributed by atoms with Gasteiger partial charge in [-0.15, -0.1) is 0 Å². The van der Waals surface area contributed by atoms with Gasteiger partial charge in [-0.1, -0.05) is 11.6 Å². The van der Waals surface area contributed by atoms with Crippen molar-refractivity contribution in [3.63, 3.8) is 0 Å². The van der Waals surface area contributed by atoms with E-state index in [9.17, 15) is 18.0 Å². The molecule has 1 amide bonds. The van der Waals surface area contributed by atoms with Gasteiger partial charge in [0.15, 0.2) is 27.4 Å². The maximum absolute atomic E-state index is 12.4. The molecule has 0 aromatic heterocycles. The van der Waals surface area contributed by atoms with E-state index in [2.05, 4.69) is 5.32 Å². The van der Waals surface area contributed by atoms with Crippen LogP contribution < -0.4 is 14.8 Å². The molecule has 8 nitrogen and oxygen atoms in total. The number of carbonyl (C=O) groups excluding carboxylic acids is 2. The van der Waals surface area contributed by atoms with Crippen molar-refractivity contribution in [3.8, 4) is 11.5 Å². The van der Waals surface area contributed by atoms with Crippen molar-refractivity contribution in [2.24, 2.45) is 0 Å². The molecule has 0 radical (unpaired) electrons. The number of benzene rings is 2. The summed E-state index contributed by atoms with van der Waals surface area (Å²) in [6.45, 7) is 2.25. The first-order chi connectivity index (χ1) is 13.6. The average Bonchev–Trinajstić information content (AvgIpc) is 2.67. The Hall–Kier alpha value is -2.78. The molecular weight excluding hydrogens is 422 g/mol. The maximum Gasteiger partial charge on any atom is 0.340 e. The van der Waals surface area contributed by atoms with E-state index >= 15 is 0 Å². The Balaban J connectivity index is 1.69. The van der Waals surface area contributed by atoms with Gasteiger partial charge < -0.3 is 19.5 Å². The van der Waals surface area contributed by atoms with Gasteiger partial charge in [0.2, 0.25) is 0 Å². The highest BCUT2D eigenvalue weighted by Gasteiger charge is 2.23. The minimum atomic E-state index is -3.54. The molecule has 1 N–H and O–H groups in total. The highest BCUT2D eigenvalue weighted by molar-refractivity contribution is 7.90. The number of ether oxygens (including phenoxy) is 3. The fraction of sp³-hybridized carbons (Fsp3) is 0.263. The van der Waals surface area contributed by atoms with Gasteiger partial charge in [0.1, 0.15) is 13.2 Å². The van der Waals surface area contributed by atoms with Crippen molar-refractivity contribution in [1.82, 2.24) is 0 Å². The molecule has 0 fully saturated rings. The zero-order valence-corrected chi connectivity index (χ0v) is 17.2. The highest BCUT2D eigenvalue weighted by atomic mass is 35.5. The highest BCUT2D eigenvalue weighted by Crippen LogP contribution is 2.32. The predicted molar refractivity (Wildman–Crippen MR) is 106 cm³/mol. The largest absolute Gasteiger partial charge is 0.486 e. The summed E-state index contributed by atoms with van der Waals surface area (Å²) in [6, 6.07) is 8.59. The second kappa shape index (κ2) is 8.30. The standard InChI is InChI=1S/C19H18ClNO7S/c1-11(18(22)21-12-3-6-16-17(9-12)27-8-7-26-16)28-19(23)14-10-13(29(2,24)25)4-5-15(14)20/h3-6,9-11H,7-8H2,1-2H3,(H,21,22)/t11-/m0/s1. The van der Waals surface area contributed by atoms with Crippen LogP contribution in [0.1, 0.15) is 17.3 Å². The Bertz CT molecular complexity index is 1070. The molecule has 29 heavy (non-hydrogen) atoms. The number of hydrogen-bond donors (Lipinski definition) is 1. The quantitative estimate of drug-likeness (QED) is 0.713. The predicted octanol–water partition coefficient (Wildman–Crippen LogP) is 2.70. The van der Waals surface area contributed by atoms with Crippen LogP contribution in [0.25, 0.3) is 0 Å². The number of rotatable bonds is 5. The molecular formula is C19H18ClNO7S. The van der Waals surface area contributed by atoms with Crippen molar-refractivity contribution in [2.75, 3.05) is 24.8 Å². The lowest BCUT2D eigenvalue weighted by atomic mass is 10.2. The number of sulfone groups is 1. The van der Waals surface area contributed by atoms with Gasteiger partial charge in [0.05, 0.1) is 15.5 Å². The SMILES string of the molecule is C[C@H](OC(=O)c1cc(S(C)(=O)=O)ccc1Cl)C(=O)Nc1ccc2c(c1)OCCO2. The summed E-state index contributed by atoms with van der Waals surface area (Å²) < 4.78 is 39.4. The third-order valence-electron chi connectivity index (χ3n) is 4.05. The Kier molecular flexibility index (Phi) is 5.99. The third-order valence-corrected chi connectivity index (χ3v) is 5.49. The van der Waals surface area contributed by atoms with Gasteiger partial charge in [-0.2, -0.15) is 0 Å². The van der Waals surface area contributed by atoms with Gasteiger partial charge >= 0.3 is 5.97 Å². The normalized spacial score (nSPS) is 14.0. The molecule has 154 valence electrons. The van der Waals surface area contributed by atoms with Gasteiger partial charge in [-0.3, -0.25) is 4.79 Å². The summed E-state index contributed by atoms with van der Waals surface area (Å²) in [6.07, 6.45) is -0.150. The number of halogens is 1. The maximum atomic E-state index is 12.4. The first-order valence-corrected chi connectivity index (χ1v) is 10.8. The first kappa shape index (κ1) is 20.9. The van der Waals surface area contributed by atoms with E-state index in [1.165, 1.54) is 19.1 Å². The van der Waals surface area contributed by atoms with E-state index in [0.717, 1.165) is 12.3 Å². The number of anilines is 1.